The molecular weight excluding hydrogens is 220 g/mol. The van der Waals surface area contributed by atoms with Crippen molar-refractivity contribution in [2.45, 2.75) is 25.5 Å². The van der Waals surface area contributed by atoms with Gasteiger partial charge in [-0.3, -0.25) is 0 Å². The summed E-state index contributed by atoms with van der Waals surface area (Å²) < 4.78 is 0. The van der Waals surface area contributed by atoms with E-state index in [1.54, 1.807) is 0 Å². The average Bonchev–Trinajstić information content (AvgIpc) is 2.33. The second-order valence-electron chi connectivity index (χ2n) is 3.57. The van der Waals surface area contributed by atoms with Gasteiger partial charge in [0, 0.05) is 30.7 Å². The highest BCUT2D eigenvalue weighted by Gasteiger charge is 2.02. The zero-order valence-electron chi connectivity index (χ0n) is 9.78. The molecule has 1 aromatic rings. The highest BCUT2D eigenvalue weighted by atomic mass is 32.2. The maximum atomic E-state index is 8.70. The van der Waals surface area contributed by atoms with Gasteiger partial charge in [0.1, 0.15) is 5.82 Å². The monoisotopic (exact) mass is 240 g/mol. The van der Waals surface area contributed by atoms with Crippen molar-refractivity contribution in [1.29, 1.82) is 0 Å². The fourth-order valence-corrected chi connectivity index (χ4v) is 2.24. The molecule has 0 aromatic carbocycles. The molecule has 0 atom stereocenters. The summed E-state index contributed by atoms with van der Waals surface area (Å²) >= 11 is 1.84. The Kier molecular flexibility index (Phi) is 7.01. The Hall–Kier alpha value is -0.740. The lowest BCUT2D eigenvalue weighted by atomic mass is 10.3. The van der Waals surface area contributed by atoms with Crippen molar-refractivity contribution in [2.24, 2.45) is 0 Å². The van der Waals surface area contributed by atoms with E-state index in [2.05, 4.69) is 23.3 Å². The van der Waals surface area contributed by atoms with Gasteiger partial charge in [0.15, 0.2) is 0 Å². The first kappa shape index (κ1) is 13.3. The lowest BCUT2D eigenvalue weighted by Gasteiger charge is -2.09. The van der Waals surface area contributed by atoms with Crippen LogP contribution in [0.4, 0.5) is 5.82 Å². The minimum absolute atomic E-state index is 0.279. The van der Waals surface area contributed by atoms with Crippen LogP contribution < -0.4 is 5.32 Å². The van der Waals surface area contributed by atoms with Crippen LogP contribution in [0.5, 0.6) is 0 Å². The molecule has 1 rings (SSSR count). The third-order valence-corrected chi connectivity index (χ3v) is 3.23. The summed E-state index contributed by atoms with van der Waals surface area (Å²) in [6.07, 6.45) is 3.79. The Morgan fingerprint density at radius 1 is 1.50 bits per heavy atom. The molecule has 0 aliphatic carbocycles. The predicted molar refractivity (Wildman–Crippen MR) is 70.9 cm³/mol. The summed E-state index contributed by atoms with van der Waals surface area (Å²) in [6, 6.07) is 4.08. The fraction of sp³-hybridized carbons (Fsp3) is 0.583. The molecule has 0 unspecified atom stereocenters. The van der Waals surface area contributed by atoms with Gasteiger partial charge >= 0.3 is 0 Å². The first-order valence-electron chi connectivity index (χ1n) is 5.74. The number of hydrogen-bond donors (Lipinski definition) is 2. The number of rotatable bonds is 8. The number of aliphatic hydroxyl groups is 1. The van der Waals surface area contributed by atoms with E-state index in [4.69, 9.17) is 5.11 Å². The highest BCUT2D eigenvalue weighted by molar-refractivity contribution is 7.98. The number of nitrogens with zero attached hydrogens (tertiary/aromatic N) is 1. The lowest BCUT2D eigenvalue weighted by molar-refractivity contribution is 0.296. The van der Waals surface area contributed by atoms with E-state index in [0.717, 1.165) is 36.7 Å². The SMILES string of the molecule is CCCNc1ncccc1CSCCCO. The molecule has 0 aliphatic rings. The van der Waals surface area contributed by atoms with E-state index in [9.17, 15) is 0 Å². The zero-order valence-corrected chi connectivity index (χ0v) is 10.6. The van der Waals surface area contributed by atoms with Crippen molar-refractivity contribution in [1.82, 2.24) is 4.98 Å². The standard InChI is InChI=1S/C12H20N2OS/c1-2-6-13-12-11(5-3-7-14-12)10-16-9-4-8-15/h3,5,7,15H,2,4,6,8-10H2,1H3,(H,13,14). The second-order valence-corrected chi connectivity index (χ2v) is 4.67. The molecular formula is C12H20N2OS. The Morgan fingerprint density at radius 3 is 3.12 bits per heavy atom. The minimum atomic E-state index is 0.279. The molecule has 0 amide bonds. The molecule has 1 heterocycles. The summed E-state index contributed by atoms with van der Waals surface area (Å²) in [5, 5.41) is 12.0. The van der Waals surface area contributed by atoms with Crippen LogP contribution in [0.3, 0.4) is 0 Å². The number of thioether (sulfide) groups is 1. The van der Waals surface area contributed by atoms with E-state index >= 15 is 0 Å². The van der Waals surface area contributed by atoms with Crippen molar-refractivity contribution in [2.75, 3.05) is 24.2 Å². The highest BCUT2D eigenvalue weighted by Crippen LogP contribution is 2.19. The molecule has 16 heavy (non-hydrogen) atoms. The van der Waals surface area contributed by atoms with Gasteiger partial charge in [-0.15, -0.1) is 0 Å². The van der Waals surface area contributed by atoms with E-state index < -0.39 is 0 Å². The Bertz CT molecular complexity index is 294. The van der Waals surface area contributed by atoms with Gasteiger partial charge in [0.25, 0.3) is 0 Å². The molecule has 0 spiro atoms. The van der Waals surface area contributed by atoms with Crippen LogP contribution in [0, 0.1) is 0 Å². The molecule has 0 aliphatic heterocycles. The van der Waals surface area contributed by atoms with E-state index in [1.807, 2.05) is 24.0 Å². The van der Waals surface area contributed by atoms with Crippen molar-refractivity contribution < 1.29 is 5.11 Å². The zero-order chi connectivity index (χ0) is 11.6. The molecule has 4 heteroatoms. The van der Waals surface area contributed by atoms with Crippen LogP contribution >= 0.6 is 11.8 Å². The van der Waals surface area contributed by atoms with E-state index in [-0.39, 0.29) is 6.61 Å². The lowest BCUT2D eigenvalue weighted by Crippen LogP contribution is -2.04. The number of hydrogen-bond acceptors (Lipinski definition) is 4. The summed E-state index contributed by atoms with van der Waals surface area (Å²) in [5.74, 6) is 2.96. The van der Waals surface area contributed by atoms with Crippen LogP contribution in [0.15, 0.2) is 18.3 Å². The van der Waals surface area contributed by atoms with Gasteiger partial charge in [0.2, 0.25) is 0 Å². The smallest absolute Gasteiger partial charge is 0.129 e. The van der Waals surface area contributed by atoms with Gasteiger partial charge in [-0.2, -0.15) is 11.8 Å². The van der Waals surface area contributed by atoms with Crippen LogP contribution in [-0.4, -0.2) is 29.0 Å². The van der Waals surface area contributed by atoms with Crippen LogP contribution in [0.25, 0.3) is 0 Å². The largest absolute Gasteiger partial charge is 0.396 e. The molecule has 1 aromatic heterocycles. The van der Waals surface area contributed by atoms with E-state index in [0.29, 0.717) is 0 Å². The van der Waals surface area contributed by atoms with Gasteiger partial charge in [0.05, 0.1) is 0 Å². The van der Waals surface area contributed by atoms with Gasteiger partial charge in [-0.25, -0.2) is 4.98 Å². The first-order valence-corrected chi connectivity index (χ1v) is 6.90. The molecule has 0 saturated heterocycles. The predicted octanol–water partition coefficient (Wildman–Crippen LogP) is 2.52. The van der Waals surface area contributed by atoms with Crippen molar-refractivity contribution in [3.8, 4) is 0 Å². The Morgan fingerprint density at radius 2 is 2.38 bits per heavy atom. The normalized spacial score (nSPS) is 10.4. The molecule has 0 fully saturated rings. The Labute approximate surface area is 102 Å². The number of pyridine rings is 1. The summed E-state index contributed by atoms with van der Waals surface area (Å²) in [7, 11) is 0. The third kappa shape index (κ3) is 4.86. The third-order valence-electron chi connectivity index (χ3n) is 2.14. The maximum absolute atomic E-state index is 8.70. The van der Waals surface area contributed by atoms with Crippen molar-refractivity contribution in [3.05, 3.63) is 23.9 Å². The molecule has 0 bridgehead atoms. The van der Waals surface area contributed by atoms with Crippen molar-refractivity contribution >= 4 is 17.6 Å². The molecule has 0 saturated carbocycles. The fourth-order valence-electron chi connectivity index (χ4n) is 1.31. The number of aromatic nitrogens is 1. The molecule has 2 N–H and O–H groups in total. The number of nitrogens with one attached hydrogen (secondary N) is 1. The van der Waals surface area contributed by atoms with Crippen molar-refractivity contribution in [3.63, 3.8) is 0 Å². The van der Waals surface area contributed by atoms with Crippen LogP contribution in [0.1, 0.15) is 25.3 Å². The Balaban J connectivity index is 2.43. The van der Waals surface area contributed by atoms with Gasteiger partial charge < -0.3 is 10.4 Å². The summed E-state index contributed by atoms with van der Waals surface area (Å²) in [5.41, 5.74) is 1.25. The van der Waals surface area contributed by atoms with Gasteiger partial charge in [-0.05, 0) is 24.7 Å². The molecule has 0 radical (unpaired) electrons. The van der Waals surface area contributed by atoms with Gasteiger partial charge in [-0.1, -0.05) is 13.0 Å². The maximum Gasteiger partial charge on any atom is 0.129 e. The van der Waals surface area contributed by atoms with Crippen LogP contribution in [-0.2, 0) is 5.75 Å². The quantitative estimate of drug-likeness (QED) is 0.685. The second kappa shape index (κ2) is 8.42. The minimum Gasteiger partial charge on any atom is -0.396 e. The number of anilines is 1. The number of aliphatic hydroxyl groups excluding tert-OH is 1. The average molecular weight is 240 g/mol. The summed E-state index contributed by atoms with van der Waals surface area (Å²) in [6.45, 7) is 3.39. The van der Waals surface area contributed by atoms with E-state index in [1.165, 1.54) is 5.56 Å². The summed E-state index contributed by atoms with van der Waals surface area (Å²) in [4.78, 5) is 4.34. The topological polar surface area (TPSA) is 45.2 Å². The molecule has 3 nitrogen and oxygen atoms in total. The molecule has 90 valence electrons. The first-order chi connectivity index (χ1) is 7.88. The van der Waals surface area contributed by atoms with Crippen LogP contribution in [0.2, 0.25) is 0 Å².